The van der Waals surface area contributed by atoms with Crippen molar-refractivity contribution in [1.82, 2.24) is 5.32 Å². The molecule has 1 atom stereocenters. The molecule has 0 radical (unpaired) electrons. The third kappa shape index (κ3) is 7.00. The first-order chi connectivity index (χ1) is 8.29. The summed E-state index contributed by atoms with van der Waals surface area (Å²) in [5.41, 5.74) is 0. The Bertz CT molecular complexity index is 361. The third-order valence-corrected chi connectivity index (χ3v) is 3.54. The van der Waals surface area contributed by atoms with Crippen LogP contribution >= 0.6 is 0 Å². The van der Waals surface area contributed by atoms with Crippen LogP contribution in [-0.4, -0.2) is 45.9 Å². The van der Waals surface area contributed by atoms with Gasteiger partial charge in [-0.2, -0.15) is 26.3 Å². The zero-order chi connectivity index (χ0) is 15.5. The van der Waals surface area contributed by atoms with Gasteiger partial charge in [-0.05, 0) is 19.9 Å². The number of hydrogen-bond donors (Lipinski definition) is 1. The van der Waals surface area contributed by atoms with Crippen LogP contribution in [0.2, 0.25) is 0 Å². The van der Waals surface area contributed by atoms with E-state index in [4.69, 9.17) is 0 Å². The Morgan fingerprint density at radius 3 is 1.74 bits per heavy atom. The highest BCUT2D eigenvalue weighted by atomic mass is 32.2. The second kappa shape index (κ2) is 6.29. The molecule has 19 heavy (non-hydrogen) atoms. The Balaban J connectivity index is 4.88. The minimum Gasteiger partial charge on any atom is -0.316 e. The topological polar surface area (TPSA) is 46.2 Å². The van der Waals surface area contributed by atoms with Crippen molar-refractivity contribution in [2.45, 2.75) is 31.2 Å². The summed E-state index contributed by atoms with van der Waals surface area (Å²) in [5, 5.41) is 1.97. The van der Waals surface area contributed by atoms with Crippen LogP contribution in [0.3, 0.4) is 0 Å². The van der Waals surface area contributed by atoms with Gasteiger partial charge in [0.15, 0.2) is 5.92 Å². The van der Waals surface area contributed by atoms with Crippen molar-refractivity contribution in [2.24, 2.45) is 5.92 Å². The van der Waals surface area contributed by atoms with E-state index in [1.165, 1.54) is 0 Å². The molecule has 1 unspecified atom stereocenters. The van der Waals surface area contributed by atoms with Gasteiger partial charge in [0.2, 0.25) is 0 Å². The number of rotatable bonds is 6. The highest BCUT2D eigenvalue weighted by Gasteiger charge is 2.59. The van der Waals surface area contributed by atoms with E-state index in [-0.39, 0.29) is 6.42 Å². The van der Waals surface area contributed by atoms with Crippen molar-refractivity contribution in [3.8, 4) is 0 Å². The summed E-state index contributed by atoms with van der Waals surface area (Å²) in [6.45, 7) is 0. The summed E-state index contributed by atoms with van der Waals surface area (Å²) in [7, 11) is -2.43. The summed E-state index contributed by atoms with van der Waals surface area (Å²) in [4.78, 5) is 0. The molecule has 1 N–H and O–H groups in total. The maximum Gasteiger partial charge on any atom is 0.401 e. The molecule has 0 aromatic carbocycles. The van der Waals surface area contributed by atoms with Crippen LogP contribution in [0.5, 0.6) is 0 Å². The first-order valence-corrected chi connectivity index (χ1v) is 7.33. The Morgan fingerprint density at radius 1 is 1.05 bits per heavy atom. The van der Waals surface area contributed by atoms with Gasteiger partial charge < -0.3 is 5.32 Å². The van der Waals surface area contributed by atoms with E-state index >= 15 is 0 Å². The summed E-state index contributed by atoms with van der Waals surface area (Å²) in [5.74, 6) is -3.96. The predicted octanol–water partition coefficient (Wildman–Crippen LogP) is 2.14. The SMILES string of the molecule is CNC(CCCS(C)(=O)=O)C(C(F)(F)F)C(F)(F)F. The zero-order valence-corrected chi connectivity index (χ0v) is 11.1. The highest BCUT2D eigenvalue weighted by Crippen LogP contribution is 2.42. The predicted molar refractivity (Wildman–Crippen MR) is 57.4 cm³/mol. The number of hydrogen-bond acceptors (Lipinski definition) is 3. The van der Waals surface area contributed by atoms with Crippen LogP contribution < -0.4 is 5.32 Å². The first-order valence-electron chi connectivity index (χ1n) is 5.27. The molecule has 0 aliphatic rings. The zero-order valence-electron chi connectivity index (χ0n) is 10.3. The normalized spacial score (nSPS) is 15.8. The van der Waals surface area contributed by atoms with Crippen molar-refractivity contribution in [1.29, 1.82) is 0 Å². The summed E-state index contributed by atoms with van der Waals surface area (Å²) in [6, 6.07) is -1.90. The van der Waals surface area contributed by atoms with Crippen LogP contribution in [0.25, 0.3) is 0 Å². The van der Waals surface area contributed by atoms with E-state index in [0.717, 1.165) is 13.3 Å². The van der Waals surface area contributed by atoms with Gasteiger partial charge in [-0.25, -0.2) is 8.42 Å². The molecule has 0 saturated carbocycles. The van der Waals surface area contributed by atoms with Gasteiger partial charge >= 0.3 is 12.4 Å². The molecule has 0 aromatic rings. The van der Waals surface area contributed by atoms with Crippen LogP contribution in [0.1, 0.15) is 12.8 Å². The molecule has 10 heteroatoms. The van der Waals surface area contributed by atoms with Crippen LogP contribution in [0.4, 0.5) is 26.3 Å². The van der Waals surface area contributed by atoms with Gasteiger partial charge in [-0.3, -0.25) is 0 Å². The molecule has 0 fully saturated rings. The highest BCUT2D eigenvalue weighted by molar-refractivity contribution is 7.90. The molecule has 116 valence electrons. The van der Waals surface area contributed by atoms with Gasteiger partial charge in [0.25, 0.3) is 0 Å². The summed E-state index contributed by atoms with van der Waals surface area (Å²) >= 11 is 0. The Labute approximate surface area is 107 Å². The Kier molecular flexibility index (Phi) is 6.12. The van der Waals surface area contributed by atoms with E-state index < -0.39 is 46.3 Å². The van der Waals surface area contributed by atoms with E-state index in [1.807, 2.05) is 5.32 Å². The molecule has 0 rings (SSSR count). The van der Waals surface area contributed by atoms with Crippen molar-refractivity contribution in [3.05, 3.63) is 0 Å². The molecule has 0 amide bonds. The smallest absolute Gasteiger partial charge is 0.316 e. The van der Waals surface area contributed by atoms with E-state index in [1.54, 1.807) is 0 Å². The number of halogens is 6. The third-order valence-electron chi connectivity index (χ3n) is 2.51. The van der Waals surface area contributed by atoms with Crippen LogP contribution in [0.15, 0.2) is 0 Å². The lowest BCUT2D eigenvalue weighted by molar-refractivity contribution is -0.291. The van der Waals surface area contributed by atoms with Crippen molar-refractivity contribution < 1.29 is 34.8 Å². The fourth-order valence-corrected chi connectivity index (χ4v) is 2.38. The Hall–Kier alpha value is -0.510. The quantitative estimate of drug-likeness (QED) is 0.764. The maximum absolute atomic E-state index is 12.4. The molecule has 0 saturated heterocycles. The average Bonchev–Trinajstić information content (AvgIpc) is 2.09. The van der Waals surface area contributed by atoms with Crippen molar-refractivity contribution >= 4 is 9.84 Å². The van der Waals surface area contributed by atoms with Gasteiger partial charge in [0.05, 0.1) is 0 Å². The second-order valence-corrected chi connectivity index (χ2v) is 6.49. The fourth-order valence-electron chi connectivity index (χ4n) is 1.68. The maximum atomic E-state index is 12.4. The lowest BCUT2D eigenvalue weighted by atomic mass is 9.94. The Morgan fingerprint density at radius 2 is 1.47 bits per heavy atom. The summed E-state index contributed by atoms with van der Waals surface area (Å²) < 4.78 is 96.2. The molecule has 0 bridgehead atoms. The molecule has 0 aliphatic carbocycles. The number of sulfone groups is 1. The lowest BCUT2D eigenvalue weighted by Gasteiger charge is -2.30. The van der Waals surface area contributed by atoms with Crippen molar-refractivity contribution in [3.63, 3.8) is 0 Å². The molecular formula is C9H15F6NO2S. The van der Waals surface area contributed by atoms with E-state index in [9.17, 15) is 34.8 Å². The van der Waals surface area contributed by atoms with Gasteiger partial charge in [-0.15, -0.1) is 0 Å². The van der Waals surface area contributed by atoms with Crippen LogP contribution in [-0.2, 0) is 9.84 Å². The minimum absolute atomic E-state index is 0.271. The van der Waals surface area contributed by atoms with Crippen molar-refractivity contribution in [2.75, 3.05) is 19.1 Å². The van der Waals surface area contributed by atoms with Gasteiger partial charge in [-0.1, -0.05) is 0 Å². The van der Waals surface area contributed by atoms with E-state index in [0.29, 0.717) is 0 Å². The monoisotopic (exact) mass is 315 g/mol. The molecule has 0 aromatic heterocycles. The first kappa shape index (κ1) is 18.5. The van der Waals surface area contributed by atoms with Crippen LogP contribution in [0, 0.1) is 5.92 Å². The molecule has 0 spiro atoms. The number of nitrogens with one attached hydrogen (secondary N) is 1. The standard InChI is InChI=1S/C9H15F6NO2S/c1-16-6(4-3-5-19(2,17)18)7(8(10,11)12)9(13,14)15/h6-7,16H,3-5H2,1-2H3. The molecule has 0 heterocycles. The van der Waals surface area contributed by atoms with Gasteiger partial charge in [0, 0.05) is 18.1 Å². The average molecular weight is 315 g/mol. The minimum atomic E-state index is -5.43. The second-order valence-electron chi connectivity index (χ2n) is 4.23. The van der Waals surface area contributed by atoms with Gasteiger partial charge in [0.1, 0.15) is 9.84 Å². The lowest BCUT2D eigenvalue weighted by Crippen LogP contribution is -2.50. The fraction of sp³-hybridized carbons (Fsp3) is 1.00. The van der Waals surface area contributed by atoms with E-state index in [2.05, 4.69) is 0 Å². The summed E-state index contributed by atoms with van der Waals surface area (Å²) in [6.07, 6.45) is -10.8. The molecular weight excluding hydrogens is 300 g/mol. The number of alkyl halides is 6. The molecule has 3 nitrogen and oxygen atoms in total. The molecule has 0 aliphatic heterocycles. The largest absolute Gasteiger partial charge is 0.401 e.